The van der Waals surface area contributed by atoms with E-state index in [0.29, 0.717) is 6.61 Å². The van der Waals surface area contributed by atoms with Crippen LogP contribution in [-0.2, 0) is 15.7 Å². The van der Waals surface area contributed by atoms with Crippen molar-refractivity contribution < 1.29 is 27.8 Å². The van der Waals surface area contributed by atoms with Crippen LogP contribution in [0, 0.1) is 0 Å². The Morgan fingerprint density at radius 3 is 2.52 bits per heavy atom. The molecule has 7 heteroatoms. The molecule has 2 N–H and O–H groups in total. The maximum atomic E-state index is 12.8. The first-order valence-corrected chi connectivity index (χ1v) is 6.53. The van der Waals surface area contributed by atoms with Gasteiger partial charge in [0, 0.05) is 19.3 Å². The lowest BCUT2D eigenvalue weighted by atomic mass is 10.1. The zero-order valence-electron chi connectivity index (χ0n) is 12.0. The van der Waals surface area contributed by atoms with Gasteiger partial charge in [-0.2, -0.15) is 13.2 Å². The van der Waals surface area contributed by atoms with Crippen LogP contribution in [0.4, 0.5) is 18.9 Å². The Kier molecular flexibility index (Phi) is 6.94. The summed E-state index contributed by atoms with van der Waals surface area (Å²) in [4.78, 5) is 0. The standard InChI is InChI=1S/C14H20F3NO3/c1-10(8-20-2)21-9-11(19)7-18-13-6-4-3-5-12(13)14(15,16)17/h3-6,10-11,18-19H,7-9H2,1-2H3. The number of para-hydroxylation sites is 1. The average molecular weight is 307 g/mol. The van der Waals surface area contributed by atoms with Crippen molar-refractivity contribution in [2.45, 2.75) is 25.3 Å². The van der Waals surface area contributed by atoms with Gasteiger partial charge in [0.25, 0.3) is 0 Å². The third-order valence-electron chi connectivity index (χ3n) is 2.74. The summed E-state index contributed by atoms with van der Waals surface area (Å²) in [6.45, 7) is 2.15. The Bertz CT molecular complexity index is 426. The molecule has 0 aliphatic carbocycles. The van der Waals surface area contributed by atoms with E-state index in [1.54, 1.807) is 6.92 Å². The van der Waals surface area contributed by atoms with E-state index in [4.69, 9.17) is 9.47 Å². The van der Waals surface area contributed by atoms with Gasteiger partial charge in [0.1, 0.15) is 0 Å². The number of hydrogen-bond donors (Lipinski definition) is 2. The zero-order chi connectivity index (χ0) is 15.9. The number of rotatable bonds is 8. The van der Waals surface area contributed by atoms with Crippen molar-refractivity contribution in [3.8, 4) is 0 Å². The van der Waals surface area contributed by atoms with Crippen LogP contribution in [0.5, 0.6) is 0 Å². The molecule has 0 spiro atoms. The van der Waals surface area contributed by atoms with E-state index < -0.39 is 17.8 Å². The van der Waals surface area contributed by atoms with E-state index in [-0.39, 0.29) is 24.9 Å². The highest BCUT2D eigenvalue weighted by Gasteiger charge is 2.33. The summed E-state index contributed by atoms with van der Waals surface area (Å²) in [5, 5.41) is 12.3. The topological polar surface area (TPSA) is 50.7 Å². The second kappa shape index (κ2) is 8.21. The monoisotopic (exact) mass is 307 g/mol. The Morgan fingerprint density at radius 1 is 1.24 bits per heavy atom. The third-order valence-corrected chi connectivity index (χ3v) is 2.74. The highest BCUT2D eigenvalue weighted by molar-refractivity contribution is 5.52. The molecule has 0 saturated carbocycles. The zero-order valence-corrected chi connectivity index (χ0v) is 12.0. The molecule has 2 atom stereocenters. The van der Waals surface area contributed by atoms with Gasteiger partial charge in [0.15, 0.2) is 0 Å². The molecular weight excluding hydrogens is 287 g/mol. The van der Waals surface area contributed by atoms with E-state index in [1.807, 2.05) is 0 Å². The molecule has 0 fully saturated rings. The van der Waals surface area contributed by atoms with Crippen LogP contribution in [0.1, 0.15) is 12.5 Å². The first kappa shape index (κ1) is 17.7. The highest BCUT2D eigenvalue weighted by Crippen LogP contribution is 2.34. The number of alkyl halides is 3. The van der Waals surface area contributed by atoms with Gasteiger partial charge >= 0.3 is 6.18 Å². The molecule has 1 rings (SSSR count). The molecule has 0 bridgehead atoms. The maximum Gasteiger partial charge on any atom is 0.418 e. The Hall–Kier alpha value is -1.31. The van der Waals surface area contributed by atoms with E-state index in [9.17, 15) is 18.3 Å². The lowest BCUT2D eigenvalue weighted by Crippen LogP contribution is -2.28. The van der Waals surface area contributed by atoms with Crippen molar-refractivity contribution in [2.24, 2.45) is 0 Å². The number of benzene rings is 1. The van der Waals surface area contributed by atoms with Crippen molar-refractivity contribution in [2.75, 3.05) is 32.2 Å². The lowest BCUT2D eigenvalue weighted by molar-refractivity contribution is -0.137. The number of methoxy groups -OCH3 is 1. The first-order chi connectivity index (χ1) is 9.84. The lowest BCUT2D eigenvalue weighted by Gasteiger charge is -2.18. The largest absolute Gasteiger partial charge is 0.418 e. The van der Waals surface area contributed by atoms with Gasteiger partial charge in [0.05, 0.1) is 31.0 Å². The molecule has 0 heterocycles. The number of hydrogen-bond acceptors (Lipinski definition) is 4. The minimum atomic E-state index is -4.43. The van der Waals surface area contributed by atoms with E-state index in [1.165, 1.54) is 25.3 Å². The first-order valence-electron chi connectivity index (χ1n) is 6.53. The summed E-state index contributed by atoms with van der Waals surface area (Å²) in [6, 6.07) is 5.14. The third kappa shape index (κ3) is 6.33. The normalized spacial score (nSPS) is 14.8. The maximum absolute atomic E-state index is 12.8. The van der Waals surface area contributed by atoms with Gasteiger partial charge in [-0.3, -0.25) is 0 Å². The molecule has 0 saturated heterocycles. The number of aliphatic hydroxyl groups is 1. The average Bonchev–Trinajstić information content (AvgIpc) is 2.42. The molecule has 1 aromatic carbocycles. The molecule has 0 aromatic heterocycles. The molecule has 0 radical (unpaired) electrons. The predicted octanol–water partition coefficient (Wildman–Crippen LogP) is 2.53. The summed E-state index contributed by atoms with van der Waals surface area (Å²) in [5.74, 6) is 0. The summed E-state index contributed by atoms with van der Waals surface area (Å²) >= 11 is 0. The summed E-state index contributed by atoms with van der Waals surface area (Å²) in [5.41, 5.74) is -0.820. The minimum absolute atomic E-state index is 0.0196. The highest BCUT2D eigenvalue weighted by atomic mass is 19.4. The Morgan fingerprint density at radius 2 is 1.90 bits per heavy atom. The molecule has 1 aromatic rings. The number of aliphatic hydroxyl groups excluding tert-OH is 1. The molecule has 0 aliphatic heterocycles. The van der Waals surface area contributed by atoms with Crippen molar-refractivity contribution in [1.29, 1.82) is 0 Å². The number of anilines is 1. The van der Waals surface area contributed by atoms with Crippen LogP contribution in [-0.4, -0.2) is 44.2 Å². The van der Waals surface area contributed by atoms with Crippen molar-refractivity contribution in [3.05, 3.63) is 29.8 Å². The number of nitrogens with one attached hydrogen (secondary N) is 1. The second-order valence-corrected chi connectivity index (χ2v) is 4.68. The van der Waals surface area contributed by atoms with Crippen LogP contribution in [0.3, 0.4) is 0 Å². The van der Waals surface area contributed by atoms with Crippen LogP contribution >= 0.6 is 0 Å². The van der Waals surface area contributed by atoms with Gasteiger partial charge in [-0.05, 0) is 19.1 Å². The molecular formula is C14H20F3NO3. The fraction of sp³-hybridized carbons (Fsp3) is 0.571. The second-order valence-electron chi connectivity index (χ2n) is 4.68. The number of ether oxygens (including phenoxy) is 2. The number of halogens is 3. The fourth-order valence-electron chi connectivity index (χ4n) is 1.73. The summed E-state index contributed by atoms with van der Waals surface area (Å²) < 4.78 is 48.5. The molecule has 0 amide bonds. The molecule has 0 aliphatic rings. The minimum Gasteiger partial charge on any atom is -0.389 e. The van der Waals surface area contributed by atoms with Gasteiger partial charge < -0.3 is 19.9 Å². The van der Waals surface area contributed by atoms with Crippen LogP contribution in [0.2, 0.25) is 0 Å². The van der Waals surface area contributed by atoms with Gasteiger partial charge in [-0.15, -0.1) is 0 Å². The van der Waals surface area contributed by atoms with Crippen molar-refractivity contribution in [3.63, 3.8) is 0 Å². The summed E-state index contributed by atoms with van der Waals surface area (Å²) in [7, 11) is 1.53. The van der Waals surface area contributed by atoms with E-state index >= 15 is 0 Å². The van der Waals surface area contributed by atoms with Gasteiger partial charge in [-0.25, -0.2) is 0 Å². The van der Waals surface area contributed by atoms with Crippen LogP contribution in [0.15, 0.2) is 24.3 Å². The van der Waals surface area contributed by atoms with Crippen molar-refractivity contribution >= 4 is 5.69 Å². The predicted molar refractivity (Wildman–Crippen MR) is 73.2 cm³/mol. The molecule has 4 nitrogen and oxygen atoms in total. The Balaban J connectivity index is 2.48. The smallest absolute Gasteiger partial charge is 0.389 e. The van der Waals surface area contributed by atoms with Crippen molar-refractivity contribution in [1.82, 2.24) is 0 Å². The van der Waals surface area contributed by atoms with E-state index in [0.717, 1.165) is 6.07 Å². The summed E-state index contributed by atoms with van der Waals surface area (Å²) in [6.07, 6.45) is -5.53. The van der Waals surface area contributed by atoms with E-state index in [2.05, 4.69) is 5.32 Å². The molecule has 21 heavy (non-hydrogen) atoms. The van der Waals surface area contributed by atoms with Gasteiger partial charge in [-0.1, -0.05) is 12.1 Å². The van der Waals surface area contributed by atoms with Gasteiger partial charge in [0.2, 0.25) is 0 Å². The molecule has 120 valence electrons. The molecule has 2 unspecified atom stereocenters. The fourth-order valence-corrected chi connectivity index (χ4v) is 1.73. The van der Waals surface area contributed by atoms with Crippen LogP contribution < -0.4 is 5.32 Å². The Labute approximate surface area is 121 Å². The quantitative estimate of drug-likeness (QED) is 0.775. The van der Waals surface area contributed by atoms with Crippen LogP contribution in [0.25, 0.3) is 0 Å². The SMILES string of the molecule is COCC(C)OCC(O)CNc1ccccc1C(F)(F)F.